The molecule has 0 radical (unpaired) electrons. The van der Waals surface area contributed by atoms with Crippen LogP contribution >= 0.6 is 23.8 Å². The van der Waals surface area contributed by atoms with Crippen LogP contribution in [0.1, 0.15) is 25.5 Å². The average Bonchev–Trinajstić information content (AvgIpc) is 2.98. The van der Waals surface area contributed by atoms with Crippen molar-refractivity contribution in [2.75, 3.05) is 5.32 Å². The van der Waals surface area contributed by atoms with E-state index in [1.165, 1.54) is 0 Å². The number of hydrogen-bond acceptors (Lipinski definition) is 4. The van der Waals surface area contributed by atoms with E-state index in [-0.39, 0.29) is 17.6 Å². The maximum atomic E-state index is 11.5. The summed E-state index contributed by atoms with van der Waals surface area (Å²) >= 11 is 11.3. The third-order valence-corrected chi connectivity index (χ3v) is 3.57. The number of halogens is 1. The molecule has 23 heavy (non-hydrogen) atoms. The van der Waals surface area contributed by atoms with Crippen LogP contribution in [0.3, 0.4) is 0 Å². The lowest BCUT2D eigenvalue weighted by Crippen LogP contribution is -2.33. The number of nitrogens with one attached hydrogen (secondary N) is 2. The van der Waals surface area contributed by atoms with Crippen LogP contribution in [-0.4, -0.2) is 16.1 Å². The van der Waals surface area contributed by atoms with Gasteiger partial charge in [0.05, 0.1) is 5.02 Å². The van der Waals surface area contributed by atoms with Gasteiger partial charge in [0.2, 0.25) is 5.91 Å². The molecule has 5 nitrogen and oxygen atoms in total. The standard InChI is InChI=1S/C16H17ClN2O3S/c1-2-3-15(21)19-16(23)18-10-4-6-13(17)12(8-10)14-7-5-11(9-20)22-14/h4-8,20H,2-3,9H2,1H3,(H2,18,19,21,23). The number of carbonyl (C=O) groups excluding carboxylic acids is 1. The maximum absolute atomic E-state index is 11.5. The second-order valence-corrected chi connectivity index (χ2v) is 5.69. The molecule has 0 aliphatic rings. The Morgan fingerprint density at radius 2 is 2.13 bits per heavy atom. The van der Waals surface area contributed by atoms with Crippen molar-refractivity contribution in [3.63, 3.8) is 0 Å². The van der Waals surface area contributed by atoms with E-state index in [0.29, 0.717) is 34.2 Å². The van der Waals surface area contributed by atoms with Gasteiger partial charge in [0.15, 0.2) is 5.11 Å². The lowest BCUT2D eigenvalue weighted by molar-refractivity contribution is -0.119. The van der Waals surface area contributed by atoms with Gasteiger partial charge in [-0.3, -0.25) is 4.79 Å². The molecule has 0 atom stereocenters. The molecule has 0 aliphatic carbocycles. The minimum atomic E-state index is -0.177. The van der Waals surface area contributed by atoms with Gasteiger partial charge in [-0.2, -0.15) is 0 Å². The van der Waals surface area contributed by atoms with Crippen molar-refractivity contribution in [2.45, 2.75) is 26.4 Å². The van der Waals surface area contributed by atoms with Gasteiger partial charge in [-0.05, 0) is 49.0 Å². The Bertz CT molecular complexity index is 715. The van der Waals surface area contributed by atoms with Crippen molar-refractivity contribution in [1.82, 2.24) is 5.32 Å². The van der Waals surface area contributed by atoms with Crippen molar-refractivity contribution in [3.05, 3.63) is 41.1 Å². The highest BCUT2D eigenvalue weighted by Gasteiger charge is 2.11. The lowest BCUT2D eigenvalue weighted by atomic mass is 10.1. The van der Waals surface area contributed by atoms with Crippen molar-refractivity contribution >= 4 is 40.5 Å². The van der Waals surface area contributed by atoms with E-state index in [1.54, 1.807) is 30.3 Å². The highest BCUT2D eigenvalue weighted by atomic mass is 35.5. The van der Waals surface area contributed by atoms with Crippen molar-refractivity contribution in [3.8, 4) is 11.3 Å². The molecule has 0 fully saturated rings. The number of aliphatic hydroxyl groups is 1. The predicted molar refractivity (Wildman–Crippen MR) is 94.3 cm³/mol. The van der Waals surface area contributed by atoms with Crippen LogP contribution in [0.4, 0.5) is 5.69 Å². The number of amides is 1. The summed E-state index contributed by atoms with van der Waals surface area (Å²) in [7, 11) is 0. The number of benzene rings is 1. The summed E-state index contributed by atoms with van der Waals surface area (Å²) in [6.07, 6.45) is 1.18. The third kappa shape index (κ3) is 4.79. The predicted octanol–water partition coefficient (Wildman–Crippen LogP) is 3.71. The second-order valence-electron chi connectivity index (χ2n) is 4.87. The lowest BCUT2D eigenvalue weighted by Gasteiger charge is -2.11. The van der Waals surface area contributed by atoms with E-state index in [9.17, 15) is 4.79 Å². The monoisotopic (exact) mass is 352 g/mol. The normalized spacial score (nSPS) is 10.4. The molecule has 2 rings (SSSR count). The van der Waals surface area contributed by atoms with Crippen molar-refractivity contribution < 1.29 is 14.3 Å². The van der Waals surface area contributed by atoms with Crippen LogP contribution in [0, 0.1) is 0 Å². The number of hydrogen-bond donors (Lipinski definition) is 3. The fourth-order valence-corrected chi connectivity index (χ4v) is 2.42. The van der Waals surface area contributed by atoms with E-state index in [0.717, 1.165) is 6.42 Å². The first kappa shape index (κ1) is 17.5. The fourth-order valence-electron chi connectivity index (χ4n) is 1.98. The molecular weight excluding hydrogens is 336 g/mol. The van der Waals surface area contributed by atoms with Gasteiger partial charge in [0.25, 0.3) is 0 Å². The van der Waals surface area contributed by atoms with Crippen LogP contribution in [0.5, 0.6) is 0 Å². The molecule has 0 spiro atoms. The van der Waals surface area contributed by atoms with E-state index in [4.69, 9.17) is 33.3 Å². The molecule has 0 aliphatic heterocycles. The van der Waals surface area contributed by atoms with Gasteiger partial charge in [-0.15, -0.1) is 0 Å². The first-order chi connectivity index (χ1) is 11.0. The maximum Gasteiger partial charge on any atom is 0.226 e. The summed E-state index contributed by atoms with van der Waals surface area (Å²) in [5.41, 5.74) is 1.34. The molecule has 1 heterocycles. The molecule has 122 valence electrons. The molecule has 3 N–H and O–H groups in total. The Hall–Kier alpha value is -1.89. The molecule has 1 aromatic heterocycles. The zero-order valence-corrected chi connectivity index (χ0v) is 14.1. The minimum Gasteiger partial charge on any atom is -0.459 e. The largest absolute Gasteiger partial charge is 0.459 e. The molecule has 1 amide bonds. The molecule has 1 aromatic carbocycles. The molecule has 0 saturated carbocycles. The molecule has 2 aromatic rings. The topological polar surface area (TPSA) is 74.5 Å². The highest BCUT2D eigenvalue weighted by Crippen LogP contribution is 2.31. The van der Waals surface area contributed by atoms with E-state index < -0.39 is 0 Å². The zero-order valence-electron chi connectivity index (χ0n) is 12.6. The van der Waals surface area contributed by atoms with Crippen LogP contribution < -0.4 is 10.6 Å². The Morgan fingerprint density at radius 3 is 2.78 bits per heavy atom. The van der Waals surface area contributed by atoms with Crippen LogP contribution in [0.2, 0.25) is 5.02 Å². The number of anilines is 1. The zero-order chi connectivity index (χ0) is 16.8. The average molecular weight is 353 g/mol. The number of rotatable bonds is 5. The number of furan rings is 1. The number of carbonyl (C=O) groups is 1. The van der Waals surface area contributed by atoms with Gasteiger partial charge in [0.1, 0.15) is 18.1 Å². The number of thiocarbonyl (C=S) groups is 1. The summed E-state index contributed by atoms with van der Waals surface area (Å²) in [4.78, 5) is 11.5. The Kier molecular flexibility index (Phi) is 6.15. The van der Waals surface area contributed by atoms with Crippen molar-refractivity contribution in [2.24, 2.45) is 0 Å². The Morgan fingerprint density at radius 1 is 1.35 bits per heavy atom. The van der Waals surface area contributed by atoms with Gasteiger partial charge >= 0.3 is 0 Å². The molecule has 0 bridgehead atoms. The summed E-state index contributed by atoms with van der Waals surface area (Å²) < 4.78 is 5.49. The Labute approximate surface area is 144 Å². The molecule has 7 heteroatoms. The third-order valence-electron chi connectivity index (χ3n) is 3.04. The van der Waals surface area contributed by atoms with E-state index in [1.807, 2.05) is 6.92 Å². The molecular formula is C16H17ClN2O3S. The smallest absolute Gasteiger partial charge is 0.226 e. The van der Waals surface area contributed by atoms with Gasteiger partial charge in [-0.25, -0.2) is 0 Å². The quantitative estimate of drug-likeness (QED) is 0.715. The SMILES string of the molecule is CCCC(=O)NC(=S)Nc1ccc(Cl)c(-c2ccc(CO)o2)c1. The fraction of sp³-hybridized carbons (Fsp3) is 0.250. The van der Waals surface area contributed by atoms with Crippen LogP contribution in [0.15, 0.2) is 34.7 Å². The molecule has 0 saturated heterocycles. The molecule has 0 unspecified atom stereocenters. The second kappa shape index (κ2) is 8.10. The van der Waals surface area contributed by atoms with E-state index >= 15 is 0 Å². The van der Waals surface area contributed by atoms with E-state index in [2.05, 4.69) is 10.6 Å². The summed E-state index contributed by atoms with van der Waals surface area (Å²) in [5, 5.41) is 15.4. The van der Waals surface area contributed by atoms with Gasteiger partial charge < -0.3 is 20.2 Å². The first-order valence-electron chi connectivity index (χ1n) is 7.13. The first-order valence-corrected chi connectivity index (χ1v) is 7.92. The number of aliphatic hydroxyl groups excluding tert-OH is 1. The summed E-state index contributed by atoms with van der Waals surface area (Å²) in [5.74, 6) is 0.873. The van der Waals surface area contributed by atoms with Crippen LogP contribution in [0.25, 0.3) is 11.3 Å². The van der Waals surface area contributed by atoms with Gasteiger partial charge in [0, 0.05) is 17.7 Å². The summed E-state index contributed by atoms with van der Waals surface area (Å²) in [6, 6.07) is 8.64. The highest BCUT2D eigenvalue weighted by molar-refractivity contribution is 7.80. The Balaban J connectivity index is 2.13. The van der Waals surface area contributed by atoms with Gasteiger partial charge in [-0.1, -0.05) is 18.5 Å². The summed E-state index contributed by atoms with van der Waals surface area (Å²) in [6.45, 7) is 1.74. The minimum absolute atomic E-state index is 0.127. The van der Waals surface area contributed by atoms with Crippen LogP contribution in [-0.2, 0) is 11.4 Å². The van der Waals surface area contributed by atoms with Crippen molar-refractivity contribution in [1.29, 1.82) is 0 Å².